The van der Waals surface area contributed by atoms with Crippen molar-refractivity contribution < 1.29 is 4.42 Å². The van der Waals surface area contributed by atoms with Crippen LogP contribution in [0, 0.1) is 0 Å². The van der Waals surface area contributed by atoms with Crippen molar-refractivity contribution >= 4 is 49.8 Å². The highest BCUT2D eigenvalue weighted by Crippen LogP contribution is 2.52. The number of anilines is 3. The van der Waals surface area contributed by atoms with Crippen LogP contribution in [0.3, 0.4) is 0 Å². The van der Waals surface area contributed by atoms with E-state index in [1.807, 2.05) is 12.1 Å². The molecular formula is C61H43NO. The summed E-state index contributed by atoms with van der Waals surface area (Å²) in [6, 6.07) is 81.6. The molecule has 0 saturated heterocycles. The number of hydrogen-bond acceptors (Lipinski definition) is 2. The maximum Gasteiger partial charge on any atom is 0.136 e. The molecule has 0 aliphatic heterocycles. The minimum atomic E-state index is -0.110. The van der Waals surface area contributed by atoms with E-state index in [4.69, 9.17) is 4.42 Å². The fourth-order valence-corrected chi connectivity index (χ4v) is 10.4. The van der Waals surface area contributed by atoms with Crippen molar-refractivity contribution in [1.29, 1.82) is 0 Å². The molecular weight excluding hydrogens is 763 g/mol. The third-order valence-corrected chi connectivity index (χ3v) is 13.3. The van der Waals surface area contributed by atoms with Gasteiger partial charge in [0.25, 0.3) is 0 Å². The Morgan fingerprint density at radius 3 is 1.70 bits per heavy atom. The highest BCUT2D eigenvalue weighted by Gasteiger charge is 2.37. The second-order valence-electron chi connectivity index (χ2n) is 17.2. The highest BCUT2D eigenvalue weighted by atomic mass is 16.3. The van der Waals surface area contributed by atoms with Gasteiger partial charge in [-0.05, 0) is 121 Å². The van der Waals surface area contributed by atoms with E-state index in [9.17, 15) is 0 Å². The minimum absolute atomic E-state index is 0.110. The standard InChI is InChI=1S/C61H43NO/c1-61(2)55-27-8-5-21-52(55)53-26-13-25-51(60(53)61)42-33-37-46(38-34-42)62(45-35-31-41(32-36-45)50-24-14-30-58-59(50)54-22-7-10-29-57(54)63-58)56-28-9-6-20-49(56)44-18-11-17-43(39-44)48-23-12-16-40-15-3-4-19-47(40)48/h3-39H,1-2H3. The van der Waals surface area contributed by atoms with Crippen LogP contribution < -0.4 is 4.90 Å². The Hall–Kier alpha value is -7.94. The van der Waals surface area contributed by atoms with E-state index in [-0.39, 0.29) is 5.41 Å². The predicted octanol–water partition coefficient (Wildman–Crippen LogP) is 17.2. The van der Waals surface area contributed by atoms with E-state index in [0.29, 0.717) is 0 Å². The minimum Gasteiger partial charge on any atom is -0.456 e. The average molecular weight is 806 g/mol. The quantitative estimate of drug-likeness (QED) is 0.160. The third-order valence-electron chi connectivity index (χ3n) is 13.3. The summed E-state index contributed by atoms with van der Waals surface area (Å²) in [7, 11) is 0. The molecule has 1 aliphatic carbocycles. The fourth-order valence-electron chi connectivity index (χ4n) is 10.4. The van der Waals surface area contributed by atoms with Crippen molar-refractivity contribution in [2.75, 3.05) is 4.90 Å². The van der Waals surface area contributed by atoms with Gasteiger partial charge in [-0.1, -0.05) is 190 Å². The van der Waals surface area contributed by atoms with Gasteiger partial charge in [-0.2, -0.15) is 0 Å². The Kier molecular flexibility index (Phi) is 8.55. The molecule has 0 amide bonds. The van der Waals surface area contributed by atoms with Crippen molar-refractivity contribution in [2.24, 2.45) is 0 Å². The van der Waals surface area contributed by atoms with Gasteiger partial charge in [0, 0.05) is 33.1 Å². The number of para-hydroxylation sites is 2. The summed E-state index contributed by atoms with van der Waals surface area (Å²) in [5.74, 6) is 0. The smallest absolute Gasteiger partial charge is 0.136 e. The van der Waals surface area contributed by atoms with E-state index in [2.05, 4.69) is 231 Å². The lowest BCUT2D eigenvalue weighted by atomic mass is 9.79. The first-order valence-electron chi connectivity index (χ1n) is 21.8. The zero-order chi connectivity index (χ0) is 42.1. The lowest BCUT2D eigenvalue weighted by Crippen LogP contribution is -2.16. The van der Waals surface area contributed by atoms with Gasteiger partial charge >= 0.3 is 0 Å². The Balaban J connectivity index is 0.996. The Morgan fingerprint density at radius 2 is 0.889 bits per heavy atom. The molecule has 0 atom stereocenters. The first-order chi connectivity index (χ1) is 31.0. The lowest BCUT2D eigenvalue weighted by Gasteiger charge is -2.29. The summed E-state index contributed by atoms with van der Waals surface area (Å²) in [4.78, 5) is 2.41. The summed E-state index contributed by atoms with van der Waals surface area (Å²) in [6.45, 7) is 4.73. The largest absolute Gasteiger partial charge is 0.456 e. The SMILES string of the molecule is CC1(C)c2ccccc2-c2cccc(-c3ccc(N(c4ccc(-c5cccc6oc7ccccc7c56)cc4)c4ccccc4-c4cccc(-c5cccc6ccccc56)c4)cc3)c21. The second kappa shape index (κ2) is 14.6. The third kappa shape index (κ3) is 6.02. The van der Waals surface area contributed by atoms with Gasteiger partial charge in [0.15, 0.2) is 0 Å². The Bertz CT molecular complexity index is 3530. The van der Waals surface area contributed by atoms with Crippen LogP contribution in [0.5, 0.6) is 0 Å². The number of rotatable bonds is 7. The van der Waals surface area contributed by atoms with E-state index in [1.54, 1.807) is 0 Å². The molecule has 1 heterocycles. The van der Waals surface area contributed by atoms with Crippen molar-refractivity contribution in [3.63, 3.8) is 0 Å². The van der Waals surface area contributed by atoms with Gasteiger partial charge in [0.1, 0.15) is 11.2 Å². The molecule has 0 spiro atoms. The van der Waals surface area contributed by atoms with E-state index in [0.717, 1.165) is 61.3 Å². The average Bonchev–Trinajstić information content (AvgIpc) is 3.84. The molecule has 1 aromatic heterocycles. The van der Waals surface area contributed by atoms with Gasteiger partial charge in [-0.3, -0.25) is 0 Å². The lowest BCUT2D eigenvalue weighted by molar-refractivity contribution is 0.662. The summed E-state index contributed by atoms with van der Waals surface area (Å²) in [5, 5.41) is 4.76. The molecule has 0 bridgehead atoms. The first kappa shape index (κ1) is 36.9. The second-order valence-corrected chi connectivity index (χ2v) is 17.2. The molecule has 0 N–H and O–H groups in total. The molecule has 0 radical (unpaired) electrons. The molecule has 1 aliphatic rings. The number of nitrogens with zero attached hydrogens (tertiary/aromatic N) is 1. The van der Waals surface area contributed by atoms with E-state index in [1.165, 1.54) is 55.3 Å². The van der Waals surface area contributed by atoms with Gasteiger partial charge in [0.2, 0.25) is 0 Å². The van der Waals surface area contributed by atoms with Crippen LogP contribution in [-0.2, 0) is 5.41 Å². The van der Waals surface area contributed by atoms with Gasteiger partial charge in [-0.15, -0.1) is 0 Å². The van der Waals surface area contributed by atoms with Crippen molar-refractivity contribution in [3.05, 3.63) is 236 Å². The van der Waals surface area contributed by atoms with Gasteiger partial charge < -0.3 is 9.32 Å². The van der Waals surface area contributed by atoms with Crippen LogP contribution in [-0.4, -0.2) is 0 Å². The molecule has 11 aromatic rings. The maximum atomic E-state index is 6.29. The van der Waals surface area contributed by atoms with Gasteiger partial charge in [0.05, 0.1) is 5.69 Å². The summed E-state index contributed by atoms with van der Waals surface area (Å²) < 4.78 is 6.29. The van der Waals surface area contributed by atoms with Crippen LogP contribution in [0.15, 0.2) is 229 Å². The van der Waals surface area contributed by atoms with E-state index >= 15 is 0 Å². The number of furan rings is 1. The van der Waals surface area contributed by atoms with Crippen molar-refractivity contribution in [3.8, 4) is 55.6 Å². The predicted molar refractivity (Wildman–Crippen MR) is 265 cm³/mol. The molecule has 12 rings (SSSR count). The summed E-state index contributed by atoms with van der Waals surface area (Å²) >= 11 is 0. The molecule has 2 heteroatoms. The Morgan fingerprint density at radius 1 is 0.365 bits per heavy atom. The molecule has 10 aromatic carbocycles. The number of hydrogen-bond donors (Lipinski definition) is 0. The fraction of sp³-hybridized carbons (Fsp3) is 0.0492. The highest BCUT2D eigenvalue weighted by molar-refractivity contribution is 6.12. The van der Waals surface area contributed by atoms with E-state index < -0.39 is 0 Å². The number of benzene rings is 10. The van der Waals surface area contributed by atoms with Crippen LogP contribution >= 0.6 is 0 Å². The van der Waals surface area contributed by atoms with Crippen LogP contribution in [0.1, 0.15) is 25.0 Å². The van der Waals surface area contributed by atoms with Crippen molar-refractivity contribution in [1.82, 2.24) is 0 Å². The molecule has 63 heavy (non-hydrogen) atoms. The monoisotopic (exact) mass is 805 g/mol. The maximum absolute atomic E-state index is 6.29. The van der Waals surface area contributed by atoms with Gasteiger partial charge in [-0.25, -0.2) is 0 Å². The topological polar surface area (TPSA) is 16.4 Å². The van der Waals surface area contributed by atoms with Crippen LogP contribution in [0.2, 0.25) is 0 Å². The zero-order valence-electron chi connectivity index (χ0n) is 35.2. The number of fused-ring (bicyclic) bond motifs is 7. The zero-order valence-corrected chi connectivity index (χ0v) is 35.2. The molecule has 0 unspecified atom stereocenters. The molecule has 2 nitrogen and oxygen atoms in total. The normalized spacial score (nSPS) is 12.7. The molecule has 298 valence electrons. The summed E-state index contributed by atoms with van der Waals surface area (Å²) in [6.07, 6.45) is 0. The van der Waals surface area contributed by atoms with Crippen LogP contribution in [0.25, 0.3) is 88.3 Å². The van der Waals surface area contributed by atoms with Crippen molar-refractivity contribution in [2.45, 2.75) is 19.3 Å². The first-order valence-corrected chi connectivity index (χ1v) is 21.8. The Labute approximate surface area is 368 Å². The van der Waals surface area contributed by atoms with Crippen LogP contribution in [0.4, 0.5) is 17.1 Å². The molecule has 0 fully saturated rings. The molecule has 0 saturated carbocycles. The summed E-state index contributed by atoms with van der Waals surface area (Å²) in [5.41, 5.74) is 19.9.